The minimum absolute atomic E-state index is 0.0504. The molecule has 1 atom stereocenters. The summed E-state index contributed by atoms with van der Waals surface area (Å²) >= 11 is 0. The summed E-state index contributed by atoms with van der Waals surface area (Å²) in [6.45, 7) is 1.30. The molecule has 0 saturated carbocycles. The molecule has 2 heterocycles. The lowest BCUT2D eigenvalue weighted by atomic mass is 10.1. The summed E-state index contributed by atoms with van der Waals surface area (Å²) in [7, 11) is 1.25. The standard InChI is InChI=1S/C12H15N3O5/c1-19-12(18)11-13-3-2-9(14-11)15-4-5-20-7-8(15)6-10(16)17/h2-3,8H,4-7H2,1H3,(H,16,17). The molecule has 0 aromatic carbocycles. The predicted molar refractivity (Wildman–Crippen MR) is 67.6 cm³/mol. The second kappa shape index (κ2) is 6.29. The fraction of sp³-hybridized carbons (Fsp3) is 0.500. The summed E-state index contributed by atoms with van der Waals surface area (Å²) in [5.41, 5.74) is 0. The maximum absolute atomic E-state index is 11.4. The number of ether oxygens (including phenoxy) is 2. The lowest BCUT2D eigenvalue weighted by Gasteiger charge is -2.35. The zero-order valence-corrected chi connectivity index (χ0v) is 11.0. The Bertz CT molecular complexity index is 508. The topological polar surface area (TPSA) is 102 Å². The average molecular weight is 281 g/mol. The molecule has 0 aliphatic carbocycles. The van der Waals surface area contributed by atoms with Crippen LogP contribution in [-0.4, -0.2) is 59.9 Å². The van der Waals surface area contributed by atoms with E-state index in [0.29, 0.717) is 25.6 Å². The molecule has 8 nitrogen and oxygen atoms in total. The lowest BCUT2D eigenvalue weighted by molar-refractivity contribution is -0.138. The number of carbonyl (C=O) groups is 2. The number of aliphatic carboxylic acids is 1. The lowest BCUT2D eigenvalue weighted by Crippen LogP contribution is -2.47. The van der Waals surface area contributed by atoms with Crippen molar-refractivity contribution in [2.24, 2.45) is 0 Å². The van der Waals surface area contributed by atoms with Crippen LogP contribution < -0.4 is 4.90 Å². The fourth-order valence-electron chi connectivity index (χ4n) is 2.03. The molecule has 0 spiro atoms. The van der Waals surface area contributed by atoms with Crippen molar-refractivity contribution in [3.8, 4) is 0 Å². The Morgan fingerprint density at radius 3 is 3.10 bits per heavy atom. The molecule has 108 valence electrons. The Kier molecular flexibility index (Phi) is 4.46. The molecule has 1 aromatic heterocycles. The first-order valence-electron chi connectivity index (χ1n) is 6.09. The van der Waals surface area contributed by atoms with Gasteiger partial charge in [0, 0.05) is 12.7 Å². The molecule has 20 heavy (non-hydrogen) atoms. The van der Waals surface area contributed by atoms with Crippen LogP contribution in [0.1, 0.15) is 17.0 Å². The first kappa shape index (κ1) is 14.2. The number of rotatable bonds is 4. The van der Waals surface area contributed by atoms with Crippen LogP contribution in [0.4, 0.5) is 5.82 Å². The highest BCUT2D eigenvalue weighted by atomic mass is 16.5. The number of carboxylic acids is 1. The largest absolute Gasteiger partial charge is 0.481 e. The Balaban J connectivity index is 2.23. The normalized spacial score (nSPS) is 18.6. The van der Waals surface area contributed by atoms with E-state index in [1.54, 1.807) is 6.07 Å². The number of hydrogen-bond acceptors (Lipinski definition) is 7. The smallest absolute Gasteiger partial charge is 0.376 e. The summed E-state index contributed by atoms with van der Waals surface area (Å²) in [5, 5.41) is 8.92. The van der Waals surface area contributed by atoms with E-state index in [2.05, 4.69) is 14.7 Å². The van der Waals surface area contributed by atoms with Crippen LogP contribution in [0.15, 0.2) is 12.3 Å². The molecule has 1 aliphatic heterocycles. The molecule has 1 aromatic rings. The third-order valence-corrected chi connectivity index (χ3v) is 2.94. The molecular formula is C12H15N3O5. The highest BCUT2D eigenvalue weighted by Crippen LogP contribution is 2.19. The maximum atomic E-state index is 11.4. The van der Waals surface area contributed by atoms with Gasteiger partial charge in [-0.3, -0.25) is 4.79 Å². The van der Waals surface area contributed by atoms with Gasteiger partial charge in [0.05, 0.1) is 32.8 Å². The van der Waals surface area contributed by atoms with Gasteiger partial charge >= 0.3 is 11.9 Å². The van der Waals surface area contributed by atoms with Crippen LogP contribution in [0.25, 0.3) is 0 Å². The number of morpholine rings is 1. The van der Waals surface area contributed by atoms with Crippen molar-refractivity contribution in [1.82, 2.24) is 9.97 Å². The second-order valence-corrected chi connectivity index (χ2v) is 4.25. The van der Waals surface area contributed by atoms with E-state index in [4.69, 9.17) is 9.84 Å². The molecule has 1 N–H and O–H groups in total. The van der Waals surface area contributed by atoms with Gasteiger partial charge in [-0.1, -0.05) is 0 Å². The Morgan fingerprint density at radius 1 is 1.60 bits per heavy atom. The van der Waals surface area contributed by atoms with E-state index in [1.807, 2.05) is 4.90 Å². The minimum atomic E-state index is -0.909. The fourth-order valence-corrected chi connectivity index (χ4v) is 2.03. The Hall–Kier alpha value is -2.22. The molecule has 8 heteroatoms. The van der Waals surface area contributed by atoms with Crippen LogP contribution >= 0.6 is 0 Å². The van der Waals surface area contributed by atoms with Crippen molar-refractivity contribution in [2.45, 2.75) is 12.5 Å². The molecule has 1 fully saturated rings. The molecule has 1 saturated heterocycles. The predicted octanol–water partition coefficient (Wildman–Crippen LogP) is -0.0569. The van der Waals surface area contributed by atoms with E-state index < -0.39 is 11.9 Å². The van der Waals surface area contributed by atoms with Crippen molar-refractivity contribution in [1.29, 1.82) is 0 Å². The van der Waals surface area contributed by atoms with Crippen LogP contribution in [0.2, 0.25) is 0 Å². The summed E-state index contributed by atoms with van der Waals surface area (Å²) < 4.78 is 9.86. The van der Waals surface area contributed by atoms with Crippen molar-refractivity contribution in [3.63, 3.8) is 0 Å². The Labute approximate surface area is 115 Å². The second-order valence-electron chi connectivity index (χ2n) is 4.25. The quantitative estimate of drug-likeness (QED) is 0.766. The number of methoxy groups -OCH3 is 1. The number of carboxylic acid groups (broad SMARTS) is 1. The first-order chi connectivity index (χ1) is 9.61. The van der Waals surface area contributed by atoms with Crippen molar-refractivity contribution < 1.29 is 24.2 Å². The van der Waals surface area contributed by atoms with E-state index in [-0.39, 0.29) is 18.3 Å². The summed E-state index contributed by atoms with van der Waals surface area (Å²) in [6, 6.07) is 1.31. The number of aromatic nitrogens is 2. The van der Waals surface area contributed by atoms with Crippen molar-refractivity contribution >= 4 is 17.8 Å². The van der Waals surface area contributed by atoms with Crippen LogP contribution in [0.3, 0.4) is 0 Å². The van der Waals surface area contributed by atoms with Crippen molar-refractivity contribution in [2.75, 3.05) is 31.8 Å². The maximum Gasteiger partial charge on any atom is 0.376 e. The van der Waals surface area contributed by atoms with Gasteiger partial charge in [0.15, 0.2) is 0 Å². The van der Waals surface area contributed by atoms with Gasteiger partial charge in [-0.2, -0.15) is 0 Å². The molecule has 0 amide bonds. The molecule has 2 rings (SSSR count). The molecular weight excluding hydrogens is 266 g/mol. The average Bonchev–Trinajstić information content (AvgIpc) is 2.46. The monoisotopic (exact) mass is 281 g/mol. The molecule has 0 radical (unpaired) electrons. The highest BCUT2D eigenvalue weighted by Gasteiger charge is 2.27. The van der Waals surface area contributed by atoms with Gasteiger partial charge in [-0.05, 0) is 6.07 Å². The van der Waals surface area contributed by atoms with Gasteiger partial charge in [-0.25, -0.2) is 14.8 Å². The Morgan fingerprint density at radius 2 is 2.40 bits per heavy atom. The van der Waals surface area contributed by atoms with Crippen molar-refractivity contribution in [3.05, 3.63) is 18.1 Å². The van der Waals surface area contributed by atoms with E-state index in [9.17, 15) is 9.59 Å². The number of esters is 1. The third-order valence-electron chi connectivity index (χ3n) is 2.94. The zero-order valence-electron chi connectivity index (χ0n) is 11.0. The summed E-state index contributed by atoms with van der Waals surface area (Å²) in [6.07, 6.45) is 1.39. The van der Waals surface area contributed by atoms with E-state index in [0.717, 1.165) is 0 Å². The molecule has 1 unspecified atom stereocenters. The minimum Gasteiger partial charge on any atom is -0.481 e. The first-order valence-corrected chi connectivity index (χ1v) is 6.09. The zero-order chi connectivity index (χ0) is 14.5. The van der Waals surface area contributed by atoms with Crippen LogP contribution in [-0.2, 0) is 14.3 Å². The van der Waals surface area contributed by atoms with Crippen LogP contribution in [0, 0.1) is 0 Å². The van der Waals surface area contributed by atoms with Gasteiger partial charge in [0.25, 0.3) is 0 Å². The summed E-state index contributed by atoms with van der Waals surface area (Å²) in [5.74, 6) is -1.09. The third kappa shape index (κ3) is 3.21. The number of nitrogens with zero attached hydrogens (tertiary/aromatic N) is 3. The number of carbonyl (C=O) groups excluding carboxylic acids is 1. The van der Waals surface area contributed by atoms with E-state index in [1.165, 1.54) is 13.3 Å². The van der Waals surface area contributed by atoms with Gasteiger partial charge < -0.3 is 19.5 Å². The summed E-state index contributed by atoms with van der Waals surface area (Å²) in [4.78, 5) is 32.1. The van der Waals surface area contributed by atoms with Gasteiger partial charge in [0.1, 0.15) is 5.82 Å². The van der Waals surface area contributed by atoms with E-state index >= 15 is 0 Å². The van der Waals surface area contributed by atoms with Crippen LogP contribution in [0.5, 0.6) is 0 Å². The highest BCUT2D eigenvalue weighted by molar-refractivity contribution is 5.85. The number of hydrogen-bond donors (Lipinski definition) is 1. The SMILES string of the molecule is COC(=O)c1nccc(N2CCOCC2CC(=O)O)n1. The van der Waals surface area contributed by atoms with Gasteiger partial charge in [0.2, 0.25) is 5.82 Å². The van der Waals surface area contributed by atoms with Gasteiger partial charge in [-0.15, -0.1) is 0 Å². The molecule has 0 bridgehead atoms. The number of anilines is 1. The molecule has 1 aliphatic rings.